The van der Waals surface area contributed by atoms with E-state index in [0.717, 1.165) is 17.8 Å². The number of para-hydroxylation sites is 1. The molecule has 0 spiro atoms. The average Bonchev–Trinajstić information content (AvgIpc) is 3.28. The molecule has 0 aliphatic heterocycles. The van der Waals surface area contributed by atoms with E-state index in [-0.39, 0.29) is 32.7 Å². The minimum absolute atomic E-state index is 0. The third kappa shape index (κ3) is 2.79. The van der Waals surface area contributed by atoms with Gasteiger partial charge in [-0.2, -0.15) is 12.8 Å². The first-order valence-electron chi connectivity index (χ1n) is 11.4. The van der Waals surface area contributed by atoms with Crippen LogP contribution in [0.3, 0.4) is 0 Å². The number of allylic oxidation sites excluding steroid dienone is 4. The van der Waals surface area contributed by atoms with E-state index in [1.54, 1.807) is 11.3 Å². The molecule has 1 nitrogen and oxygen atoms in total. The number of aromatic nitrogens is 1. The topological polar surface area (TPSA) is 4.93 Å². The number of fused-ring (bicyclic) bond motifs is 6. The zero-order chi connectivity index (χ0) is 18.9. The summed E-state index contributed by atoms with van der Waals surface area (Å²) in [5.74, 6) is 2.57. The van der Waals surface area contributed by atoms with Crippen molar-refractivity contribution in [2.24, 2.45) is 28.6 Å². The molecule has 1 radical (unpaired) electrons. The summed E-state index contributed by atoms with van der Waals surface area (Å²) in [5.41, 5.74) is 5.52. The summed E-state index contributed by atoms with van der Waals surface area (Å²) in [6.07, 6.45) is 19.4. The molecule has 0 bridgehead atoms. The molecular weight excluding hydrogens is 427 g/mol. The molecule has 1 heterocycles. The predicted molar refractivity (Wildman–Crippen MR) is 118 cm³/mol. The van der Waals surface area contributed by atoms with Crippen molar-refractivity contribution in [3.63, 3.8) is 0 Å². The van der Waals surface area contributed by atoms with E-state index < -0.39 is 0 Å². The van der Waals surface area contributed by atoms with E-state index in [4.69, 9.17) is 0 Å². The van der Waals surface area contributed by atoms with Crippen molar-refractivity contribution in [2.75, 3.05) is 0 Å². The number of nitrogens with zero attached hydrogens (tertiary/aromatic N) is 1. The summed E-state index contributed by atoms with van der Waals surface area (Å²) in [6.45, 7) is 5.19. The van der Waals surface area contributed by atoms with E-state index in [9.17, 15) is 0 Å². The first-order chi connectivity index (χ1) is 13.6. The van der Waals surface area contributed by atoms with Crippen molar-refractivity contribution in [1.29, 1.82) is 0 Å². The van der Waals surface area contributed by atoms with Gasteiger partial charge in [0.2, 0.25) is 0 Å². The molecule has 0 N–H and O–H groups in total. The third-order valence-corrected chi connectivity index (χ3v) is 9.26. The molecule has 2 saturated carbocycles. The van der Waals surface area contributed by atoms with Crippen LogP contribution in [-0.4, -0.2) is 4.57 Å². The Hall–Kier alpha value is -0.656. The van der Waals surface area contributed by atoms with Crippen LogP contribution in [-0.2, 0) is 32.7 Å². The van der Waals surface area contributed by atoms with E-state index in [2.05, 4.69) is 73.5 Å². The zero-order valence-electron chi connectivity index (χ0n) is 17.9. The van der Waals surface area contributed by atoms with Gasteiger partial charge >= 0.3 is 0 Å². The maximum atomic E-state index is 2.66. The zero-order valence-corrected chi connectivity index (χ0v) is 20.7. The van der Waals surface area contributed by atoms with E-state index in [1.165, 1.54) is 55.8 Å². The fourth-order valence-electron chi connectivity index (χ4n) is 7.69. The van der Waals surface area contributed by atoms with Crippen LogP contribution in [0.15, 0.2) is 54.3 Å². The molecule has 149 valence electrons. The fraction of sp³-hybridized carbons (Fsp3) is 0.519. The quantitative estimate of drug-likeness (QED) is 0.313. The minimum atomic E-state index is 0. The van der Waals surface area contributed by atoms with Crippen LogP contribution < -0.4 is 0 Å². The summed E-state index contributed by atoms with van der Waals surface area (Å²) < 4.78 is 2.51. The average molecular weight is 459 g/mol. The van der Waals surface area contributed by atoms with Crippen molar-refractivity contribution in [1.82, 2.24) is 4.57 Å². The molecule has 3 unspecified atom stereocenters. The molecule has 1 aromatic carbocycles. The van der Waals surface area contributed by atoms with Crippen LogP contribution in [0.5, 0.6) is 0 Å². The smallest absolute Gasteiger partial charge is 0.0525 e. The summed E-state index contributed by atoms with van der Waals surface area (Å²) in [4.78, 5) is 0. The maximum Gasteiger partial charge on any atom is 0.0525 e. The maximum absolute atomic E-state index is 2.66. The molecule has 1 aromatic heterocycles. The van der Waals surface area contributed by atoms with Crippen LogP contribution in [0.4, 0.5) is 0 Å². The Morgan fingerprint density at radius 2 is 1.83 bits per heavy atom. The normalized spacial score (nSPS) is 38.3. The Labute approximate surface area is 200 Å². The Morgan fingerprint density at radius 3 is 2.72 bits per heavy atom. The van der Waals surface area contributed by atoms with Gasteiger partial charge in [-0.25, -0.2) is 0 Å². The van der Waals surface area contributed by atoms with Crippen LogP contribution >= 0.6 is 0 Å². The molecule has 6 rings (SSSR count). The summed E-state index contributed by atoms with van der Waals surface area (Å²) in [5, 5.41) is 1.36. The third-order valence-electron chi connectivity index (χ3n) is 9.26. The van der Waals surface area contributed by atoms with Crippen molar-refractivity contribution in [3.05, 3.63) is 60.7 Å². The molecule has 4 aliphatic rings. The molecular formula is C27H32NY-. The van der Waals surface area contributed by atoms with Crippen molar-refractivity contribution >= 4 is 16.6 Å². The Bertz CT molecular complexity index is 997. The predicted octanol–water partition coefficient (Wildman–Crippen LogP) is 7.26. The van der Waals surface area contributed by atoms with Crippen LogP contribution in [0, 0.1) is 35.0 Å². The first-order valence-corrected chi connectivity index (χ1v) is 11.4. The van der Waals surface area contributed by atoms with Gasteiger partial charge in [-0.3, -0.25) is 0 Å². The summed E-state index contributed by atoms with van der Waals surface area (Å²) in [7, 11) is 0. The second kappa shape index (κ2) is 7.20. The Balaban J connectivity index is 0.00000181. The number of hydrogen-bond acceptors (Lipinski definition) is 0. The van der Waals surface area contributed by atoms with E-state index >= 15 is 0 Å². The minimum Gasteiger partial charge on any atom is -0.325 e. The molecule has 0 amide bonds. The molecule has 29 heavy (non-hydrogen) atoms. The van der Waals surface area contributed by atoms with Crippen molar-refractivity contribution in [3.8, 4) is 0 Å². The van der Waals surface area contributed by atoms with Gasteiger partial charge in [-0.15, -0.1) is 0 Å². The van der Waals surface area contributed by atoms with Crippen LogP contribution in [0.1, 0.15) is 58.8 Å². The molecule has 4 aliphatic carbocycles. The second-order valence-corrected chi connectivity index (χ2v) is 10.3. The van der Waals surface area contributed by atoms with Gasteiger partial charge in [-0.05, 0) is 66.4 Å². The van der Waals surface area contributed by atoms with Gasteiger partial charge in [0.15, 0.2) is 0 Å². The van der Waals surface area contributed by atoms with Crippen molar-refractivity contribution < 1.29 is 32.7 Å². The Morgan fingerprint density at radius 1 is 0.966 bits per heavy atom. The first kappa shape index (κ1) is 20.3. The van der Waals surface area contributed by atoms with E-state index in [0.29, 0.717) is 10.8 Å². The van der Waals surface area contributed by atoms with Gasteiger partial charge < -0.3 is 11.0 Å². The van der Waals surface area contributed by atoms with Crippen molar-refractivity contribution in [2.45, 2.75) is 58.8 Å². The standard InChI is InChI=1S/C27H32N.Y/c1-26-16-6-5-8-20(26)10-11-21-22-12-13-25(27(22,2)17-14-23(21)26)28-18-15-19-7-3-4-9-24(19)28;/h3-5,7,9-10,13,15,18,21-23H,6,8,11-12,14,16-17H2,1-2H3;/q-1;/t21?,22?,23?,26-,27-;/m0./s1. The summed E-state index contributed by atoms with van der Waals surface area (Å²) >= 11 is 0. The molecule has 2 heteroatoms. The Kier molecular flexibility index (Phi) is 5.03. The summed E-state index contributed by atoms with van der Waals surface area (Å²) in [6, 6.07) is 11.1. The molecule has 2 fully saturated rings. The van der Waals surface area contributed by atoms with Crippen LogP contribution in [0.2, 0.25) is 0 Å². The fourth-order valence-corrected chi connectivity index (χ4v) is 7.69. The van der Waals surface area contributed by atoms with Gasteiger partial charge in [0.1, 0.15) is 0 Å². The molecule has 0 saturated heterocycles. The molecule has 5 atom stereocenters. The number of hydrogen-bond donors (Lipinski definition) is 0. The SMILES string of the molecule is C[C@]12CC[CH-]CC1=CCC1C2CC[C@]2(C)C(n3ccc4ccccc43)=CCC12.[Y]. The largest absolute Gasteiger partial charge is 0.325 e. The number of rotatable bonds is 1. The second-order valence-electron chi connectivity index (χ2n) is 10.3. The van der Waals surface area contributed by atoms with Gasteiger partial charge in [0.05, 0.1) is 5.52 Å². The van der Waals surface area contributed by atoms with E-state index in [1.807, 2.05) is 0 Å². The van der Waals surface area contributed by atoms with Gasteiger partial charge in [-0.1, -0.05) is 56.2 Å². The van der Waals surface area contributed by atoms with Gasteiger partial charge in [0.25, 0.3) is 0 Å². The van der Waals surface area contributed by atoms with Gasteiger partial charge in [0, 0.05) is 50.0 Å². The monoisotopic (exact) mass is 459 g/mol. The van der Waals surface area contributed by atoms with Crippen LogP contribution in [0.25, 0.3) is 16.6 Å². The number of benzene rings is 1. The molecule has 2 aromatic rings.